The van der Waals surface area contributed by atoms with Crippen LogP contribution in [0.1, 0.15) is 56.7 Å². The molecule has 2 aromatic rings. The van der Waals surface area contributed by atoms with Crippen LogP contribution in [0.15, 0.2) is 23.6 Å². The van der Waals surface area contributed by atoms with Crippen molar-refractivity contribution in [1.29, 1.82) is 0 Å². The van der Waals surface area contributed by atoms with Crippen LogP contribution in [-0.2, 0) is 17.6 Å². The Balaban J connectivity index is 1.42. The molecule has 6 heteroatoms. The highest BCUT2D eigenvalue weighted by atomic mass is 32.1. The molecule has 1 saturated heterocycles. The fraction of sp³-hybridized carbons (Fsp3) is 0.571. The van der Waals surface area contributed by atoms with Gasteiger partial charge < -0.3 is 10.1 Å². The number of aryl methyl sites for hydroxylation is 2. The van der Waals surface area contributed by atoms with E-state index in [0.717, 1.165) is 44.0 Å². The lowest BCUT2D eigenvalue weighted by atomic mass is 10.00. The summed E-state index contributed by atoms with van der Waals surface area (Å²) in [5.74, 6) is 0.0848. The number of morpholine rings is 1. The van der Waals surface area contributed by atoms with E-state index in [2.05, 4.69) is 33.8 Å². The van der Waals surface area contributed by atoms with E-state index >= 15 is 0 Å². The molecule has 4 rings (SSSR count). The van der Waals surface area contributed by atoms with Gasteiger partial charge in [-0.15, -0.1) is 22.7 Å². The van der Waals surface area contributed by atoms with Gasteiger partial charge in [-0.3, -0.25) is 9.69 Å². The van der Waals surface area contributed by atoms with Gasteiger partial charge in [0.05, 0.1) is 24.1 Å². The maximum absolute atomic E-state index is 12.9. The first kappa shape index (κ1) is 19.1. The summed E-state index contributed by atoms with van der Waals surface area (Å²) in [5.41, 5.74) is 1.41. The van der Waals surface area contributed by atoms with Gasteiger partial charge in [-0.2, -0.15) is 0 Å². The van der Waals surface area contributed by atoms with E-state index in [-0.39, 0.29) is 11.9 Å². The number of ether oxygens (including phenoxy) is 1. The third-order valence-corrected chi connectivity index (χ3v) is 7.74. The summed E-state index contributed by atoms with van der Waals surface area (Å²) in [4.78, 5) is 18.9. The molecular weight excluding hydrogens is 376 g/mol. The summed E-state index contributed by atoms with van der Waals surface area (Å²) < 4.78 is 5.51. The van der Waals surface area contributed by atoms with Gasteiger partial charge in [-0.25, -0.2) is 0 Å². The minimum Gasteiger partial charge on any atom is -0.379 e. The van der Waals surface area contributed by atoms with Gasteiger partial charge in [0.1, 0.15) is 0 Å². The number of fused-ring (bicyclic) bond motifs is 1. The van der Waals surface area contributed by atoms with Crippen molar-refractivity contribution in [2.24, 2.45) is 0 Å². The van der Waals surface area contributed by atoms with Crippen LogP contribution in [-0.4, -0.2) is 43.7 Å². The van der Waals surface area contributed by atoms with Gasteiger partial charge in [-0.1, -0.05) is 18.9 Å². The SMILES string of the molecule is O=C(NCC(c1cccs1)N1CCOCC1)c1cc2c(s1)CCCCCC2. The van der Waals surface area contributed by atoms with Crippen molar-refractivity contribution in [3.05, 3.63) is 43.8 Å². The summed E-state index contributed by atoms with van der Waals surface area (Å²) >= 11 is 3.48. The minimum absolute atomic E-state index is 0.0848. The predicted octanol–water partition coefficient (Wildman–Crippen LogP) is 4.27. The van der Waals surface area contributed by atoms with Crippen molar-refractivity contribution in [3.63, 3.8) is 0 Å². The molecule has 0 radical (unpaired) electrons. The van der Waals surface area contributed by atoms with Crippen molar-refractivity contribution in [2.75, 3.05) is 32.8 Å². The van der Waals surface area contributed by atoms with E-state index in [1.54, 1.807) is 22.7 Å². The number of hydrogen-bond donors (Lipinski definition) is 1. The number of thiophene rings is 2. The van der Waals surface area contributed by atoms with Crippen molar-refractivity contribution in [1.82, 2.24) is 10.2 Å². The van der Waals surface area contributed by atoms with Crippen LogP contribution < -0.4 is 5.32 Å². The smallest absolute Gasteiger partial charge is 0.261 e. The average Bonchev–Trinajstić information content (AvgIpc) is 3.33. The highest BCUT2D eigenvalue weighted by Gasteiger charge is 2.24. The normalized spacial score (nSPS) is 19.7. The van der Waals surface area contributed by atoms with Crippen molar-refractivity contribution in [3.8, 4) is 0 Å². The molecule has 1 amide bonds. The molecule has 1 fully saturated rings. The maximum atomic E-state index is 12.9. The minimum atomic E-state index is 0.0848. The summed E-state index contributed by atoms with van der Waals surface area (Å²) in [5, 5.41) is 5.34. The average molecular weight is 405 g/mol. The second kappa shape index (κ2) is 9.32. The zero-order chi connectivity index (χ0) is 18.5. The van der Waals surface area contributed by atoms with Crippen LogP contribution in [0.2, 0.25) is 0 Å². The summed E-state index contributed by atoms with van der Waals surface area (Å²) in [6.45, 7) is 4.04. The topological polar surface area (TPSA) is 41.6 Å². The number of carbonyl (C=O) groups excluding carboxylic acids is 1. The van der Waals surface area contributed by atoms with E-state index in [9.17, 15) is 4.79 Å². The van der Waals surface area contributed by atoms with Crippen LogP contribution in [0.5, 0.6) is 0 Å². The lowest BCUT2D eigenvalue weighted by molar-refractivity contribution is 0.0169. The molecule has 1 aliphatic carbocycles. The molecule has 0 bridgehead atoms. The maximum Gasteiger partial charge on any atom is 0.261 e. The predicted molar refractivity (Wildman–Crippen MR) is 112 cm³/mol. The van der Waals surface area contributed by atoms with Crippen LogP contribution in [0.3, 0.4) is 0 Å². The van der Waals surface area contributed by atoms with Gasteiger partial charge in [0.25, 0.3) is 5.91 Å². The number of nitrogens with zero attached hydrogens (tertiary/aromatic N) is 1. The van der Waals surface area contributed by atoms with Crippen molar-refractivity contribution >= 4 is 28.6 Å². The molecule has 4 nitrogen and oxygen atoms in total. The standard InChI is InChI=1S/C21H28N2O2S2/c24-21(20-14-16-6-3-1-2-4-7-18(16)27-20)22-15-17(19-8-5-13-26-19)23-9-11-25-12-10-23/h5,8,13-14,17H,1-4,6-7,9-12,15H2,(H,22,24). The monoisotopic (exact) mass is 404 g/mol. The van der Waals surface area contributed by atoms with Crippen molar-refractivity contribution < 1.29 is 9.53 Å². The van der Waals surface area contributed by atoms with Crippen LogP contribution in [0.25, 0.3) is 0 Å². The molecule has 146 valence electrons. The Morgan fingerprint density at radius 1 is 1.19 bits per heavy atom. The van der Waals surface area contributed by atoms with Crippen molar-refractivity contribution in [2.45, 2.75) is 44.6 Å². The van der Waals surface area contributed by atoms with Gasteiger partial charge in [0.15, 0.2) is 0 Å². The van der Waals surface area contributed by atoms with E-state index < -0.39 is 0 Å². The molecule has 1 unspecified atom stereocenters. The molecule has 2 aromatic heterocycles. The first-order valence-corrected chi connectivity index (χ1v) is 11.8. The van der Waals surface area contributed by atoms with E-state index in [1.165, 1.54) is 41.0 Å². The Bertz CT molecular complexity index is 710. The van der Waals surface area contributed by atoms with Gasteiger partial charge in [0.2, 0.25) is 0 Å². The fourth-order valence-electron chi connectivity index (χ4n) is 4.01. The number of rotatable bonds is 5. The highest BCUT2D eigenvalue weighted by molar-refractivity contribution is 7.14. The molecule has 3 heterocycles. The third kappa shape index (κ3) is 4.80. The zero-order valence-corrected chi connectivity index (χ0v) is 17.4. The van der Waals surface area contributed by atoms with Gasteiger partial charge in [-0.05, 0) is 48.8 Å². The Morgan fingerprint density at radius 2 is 2.00 bits per heavy atom. The summed E-state index contributed by atoms with van der Waals surface area (Å²) in [7, 11) is 0. The third-order valence-electron chi connectivity index (χ3n) is 5.53. The Morgan fingerprint density at radius 3 is 2.78 bits per heavy atom. The van der Waals surface area contributed by atoms with E-state index in [1.807, 2.05) is 0 Å². The molecule has 0 spiro atoms. The van der Waals surface area contributed by atoms with Crippen LogP contribution in [0, 0.1) is 0 Å². The number of amides is 1. The Hall–Kier alpha value is -1.21. The van der Waals surface area contributed by atoms with E-state index in [4.69, 9.17) is 4.74 Å². The first-order valence-electron chi connectivity index (χ1n) is 10.1. The lowest BCUT2D eigenvalue weighted by Crippen LogP contribution is -2.43. The van der Waals surface area contributed by atoms with Crippen LogP contribution >= 0.6 is 22.7 Å². The molecule has 1 atom stereocenters. The van der Waals surface area contributed by atoms with Gasteiger partial charge >= 0.3 is 0 Å². The van der Waals surface area contributed by atoms with E-state index in [0.29, 0.717) is 6.54 Å². The summed E-state index contributed by atoms with van der Waals surface area (Å²) in [6.07, 6.45) is 7.41. The second-order valence-corrected chi connectivity index (χ2v) is 9.48. The summed E-state index contributed by atoms with van der Waals surface area (Å²) in [6, 6.07) is 6.65. The number of hydrogen-bond acceptors (Lipinski definition) is 5. The molecule has 0 aromatic carbocycles. The largest absolute Gasteiger partial charge is 0.379 e. The number of carbonyl (C=O) groups is 1. The molecule has 27 heavy (non-hydrogen) atoms. The molecule has 0 saturated carbocycles. The molecule has 1 aliphatic heterocycles. The van der Waals surface area contributed by atoms with Crippen LogP contribution in [0.4, 0.5) is 0 Å². The highest BCUT2D eigenvalue weighted by Crippen LogP contribution is 2.29. The fourth-order valence-corrected chi connectivity index (χ4v) is 6.04. The second-order valence-electron chi connectivity index (χ2n) is 7.36. The zero-order valence-electron chi connectivity index (χ0n) is 15.7. The molecular formula is C21H28N2O2S2. The lowest BCUT2D eigenvalue weighted by Gasteiger charge is -2.34. The molecule has 2 aliphatic rings. The Kier molecular flexibility index (Phi) is 6.60. The molecule has 1 N–H and O–H groups in total. The number of nitrogens with one attached hydrogen (secondary N) is 1. The first-order chi connectivity index (χ1) is 13.3. The Labute approximate surface area is 169 Å². The van der Waals surface area contributed by atoms with Gasteiger partial charge in [0, 0.05) is 29.4 Å². The quantitative estimate of drug-likeness (QED) is 0.809.